The van der Waals surface area contributed by atoms with Gasteiger partial charge < -0.3 is 5.11 Å². The summed E-state index contributed by atoms with van der Waals surface area (Å²) in [6.07, 6.45) is 0.356. The fraction of sp³-hybridized carbons (Fsp3) is 0.400. The smallest absolute Gasteiger partial charge is 0.113 e. The van der Waals surface area contributed by atoms with Gasteiger partial charge in [0.1, 0.15) is 11.0 Å². The van der Waals surface area contributed by atoms with Crippen molar-refractivity contribution in [3.8, 4) is 0 Å². The van der Waals surface area contributed by atoms with Gasteiger partial charge in [0.15, 0.2) is 0 Å². The summed E-state index contributed by atoms with van der Waals surface area (Å²) in [5.74, 6) is 0. The van der Waals surface area contributed by atoms with Gasteiger partial charge in [-0.05, 0) is 18.6 Å². The number of aliphatic hydroxyl groups excluding tert-OH is 1. The molecule has 1 atom stereocenters. The van der Waals surface area contributed by atoms with E-state index in [9.17, 15) is 5.11 Å². The van der Waals surface area contributed by atoms with Crippen molar-refractivity contribution in [3.05, 3.63) is 24.3 Å². The molecule has 1 heterocycles. The first-order valence-corrected chi connectivity index (χ1v) is 4.77. The zero-order chi connectivity index (χ0) is 9.97. The summed E-state index contributed by atoms with van der Waals surface area (Å²) in [4.78, 5) is 1.55. The Kier molecular flexibility index (Phi) is 2.45. The average Bonchev–Trinajstić information content (AvgIpc) is 2.59. The topological polar surface area (TPSA) is 50.9 Å². The fourth-order valence-electron chi connectivity index (χ4n) is 1.30. The Labute approximate surface area is 82.2 Å². The molecule has 2 aromatic rings. The maximum atomic E-state index is 9.44. The van der Waals surface area contributed by atoms with E-state index >= 15 is 0 Å². The molecule has 0 spiro atoms. The average molecular weight is 191 g/mol. The van der Waals surface area contributed by atoms with E-state index < -0.39 is 0 Å². The minimum absolute atomic E-state index is 0.364. The van der Waals surface area contributed by atoms with Crippen molar-refractivity contribution in [2.45, 2.75) is 26.0 Å². The minimum atomic E-state index is -0.364. The predicted octanol–water partition coefficient (Wildman–Crippen LogP) is 1.20. The van der Waals surface area contributed by atoms with Crippen LogP contribution in [0.5, 0.6) is 0 Å². The van der Waals surface area contributed by atoms with E-state index in [-0.39, 0.29) is 6.10 Å². The van der Waals surface area contributed by atoms with Gasteiger partial charge >= 0.3 is 0 Å². The van der Waals surface area contributed by atoms with E-state index in [2.05, 4.69) is 10.2 Å². The Morgan fingerprint density at radius 2 is 1.86 bits per heavy atom. The molecular formula is C10H13N3O. The maximum absolute atomic E-state index is 9.44. The lowest BCUT2D eigenvalue weighted by Crippen LogP contribution is -2.16. The van der Waals surface area contributed by atoms with Gasteiger partial charge in [-0.25, -0.2) is 0 Å². The van der Waals surface area contributed by atoms with Crippen LogP contribution in [0.4, 0.5) is 0 Å². The SMILES string of the molecule is CCC(O)Cn1nc2ccccc2n1. The van der Waals surface area contributed by atoms with Gasteiger partial charge in [0, 0.05) is 0 Å². The first-order chi connectivity index (χ1) is 6.79. The van der Waals surface area contributed by atoms with Crippen LogP contribution >= 0.6 is 0 Å². The van der Waals surface area contributed by atoms with Gasteiger partial charge in [-0.15, -0.1) is 0 Å². The Hall–Kier alpha value is -1.42. The van der Waals surface area contributed by atoms with Gasteiger partial charge in [0.25, 0.3) is 0 Å². The Bertz CT molecular complexity index is 391. The minimum Gasteiger partial charge on any atom is -0.391 e. The van der Waals surface area contributed by atoms with Crippen molar-refractivity contribution in [2.24, 2.45) is 0 Å². The van der Waals surface area contributed by atoms with Crippen molar-refractivity contribution < 1.29 is 5.11 Å². The molecule has 0 radical (unpaired) electrons. The number of nitrogens with zero attached hydrogens (tertiary/aromatic N) is 3. The van der Waals surface area contributed by atoms with Crippen LogP contribution in [0, 0.1) is 0 Å². The van der Waals surface area contributed by atoms with Crippen molar-refractivity contribution in [2.75, 3.05) is 0 Å². The molecule has 1 aromatic heterocycles. The third-order valence-corrected chi connectivity index (χ3v) is 2.17. The number of hydrogen-bond acceptors (Lipinski definition) is 3. The van der Waals surface area contributed by atoms with Crippen LogP contribution in [0.25, 0.3) is 11.0 Å². The summed E-state index contributed by atoms with van der Waals surface area (Å²) in [6.45, 7) is 2.40. The number of fused-ring (bicyclic) bond motifs is 1. The molecule has 4 nitrogen and oxygen atoms in total. The van der Waals surface area contributed by atoms with Crippen molar-refractivity contribution >= 4 is 11.0 Å². The second-order valence-electron chi connectivity index (χ2n) is 3.31. The molecule has 1 N–H and O–H groups in total. The zero-order valence-electron chi connectivity index (χ0n) is 8.09. The highest BCUT2D eigenvalue weighted by atomic mass is 16.3. The molecule has 0 saturated heterocycles. The van der Waals surface area contributed by atoms with Crippen LogP contribution in [0.15, 0.2) is 24.3 Å². The second kappa shape index (κ2) is 3.75. The largest absolute Gasteiger partial charge is 0.391 e. The highest BCUT2D eigenvalue weighted by Crippen LogP contribution is 2.07. The van der Waals surface area contributed by atoms with E-state index in [0.29, 0.717) is 6.54 Å². The third kappa shape index (κ3) is 1.75. The summed E-state index contributed by atoms with van der Waals surface area (Å²) in [6, 6.07) is 7.68. The zero-order valence-corrected chi connectivity index (χ0v) is 8.09. The summed E-state index contributed by atoms with van der Waals surface area (Å²) < 4.78 is 0. The molecule has 4 heteroatoms. The van der Waals surface area contributed by atoms with Crippen LogP contribution in [0.1, 0.15) is 13.3 Å². The van der Waals surface area contributed by atoms with E-state index in [4.69, 9.17) is 0 Å². The monoisotopic (exact) mass is 191 g/mol. The van der Waals surface area contributed by atoms with Crippen LogP contribution < -0.4 is 0 Å². The van der Waals surface area contributed by atoms with E-state index in [1.54, 1.807) is 4.80 Å². The fourth-order valence-corrected chi connectivity index (χ4v) is 1.30. The Morgan fingerprint density at radius 3 is 2.36 bits per heavy atom. The molecule has 0 aliphatic heterocycles. The molecule has 74 valence electrons. The third-order valence-electron chi connectivity index (χ3n) is 2.17. The molecule has 2 rings (SSSR count). The predicted molar refractivity (Wildman–Crippen MR) is 53.8 cm³/mol. The lowest BCUT2D eigenvalue weighted by Gasteiger charge is -2.04. The molecule has 0 bridgehead atoms. The lowest BCUT2D eigenvalue weighted by atomic mass is 10.3. The highest BCUT2D eigenvalue weighted by Gasteiger charge is 2.05. The first-order valence-electron chi connectivity index (χ1n) is 4.77. The molecular weight excluding hydrogens is 178 g/mol. The summed E-state index contributed by atoms with van der Waals surface area (Å²) in [5, 5.41) is 17.9. The molecule has 0 saturated carbocycles. The van der Waals surface area contributed by atoms with Crippen molar-refractivity contribution in [1.82, 2.24) is 15.0 Å². The lowest BCUT2D eigenvalue weighted by molar-refractivity contribution is 0.140. The number of aromatic nitrogens is 3. The molecule has 0 aliphatic carbocycles. The van der Waals surface area contributed by atoms with Crippen LogP contribution in [0.3, 0.4) is 0 Å². The molecule has 0 fully saturated rings. The first kappa shape index (κ1) is 9.15. The van der Waals surface area contributed by atoms with E-state index in [1.165, 1.54) is 0 Å². The van der Waals surface area contributed by atoms with E-state index in [0.717, 1.165) is 17.5 Å². The summed E-state index contributed by atoms with van der Waals surface area (Å²) >= 11 is 0. The maximum Gasteiger partial charge on any atom is 0.113 e. The quantitative estimate of drug-likeness (QED) is 0.793. The van der Waals surface area contributed by atoms with Crippen molar-refractivity contribution in [3.63, 3.8) is 0 Å². The Morgan fingerprint density at radius 1 is 1.29 bits per heavy atom. The van der Waals surface area contributed by atoms with Crippen molar-refractivity contribution in [1.29, 1.82) is 0 Å². The Balaban J connectivity index is 2.27. The standard InChI is InChI=1S/C10H13N3O/c1-2-8(14)7-13-11-9-5-3-4-6-10(9)12-13/h3-6,8,14H,2,7H2,1H3. The van der Waals surface area contributed by atoms with Gasteiger partial charge in [-0.2, -0.15) is 15.0 Å². The van der Waals surface area contributed by atoms with Gasteiger partial charge in [0.2, 0.25) is 0 Å². The number of aliphatic hydroxyl groups is 1. The van der Waals surface area contributed by atoms with Crippen LogP contribution in [-0.4, -0.2) is 26.2 Å². The highest BCUT2D eigenvalue weighted by molar-refractivity contribution is 5.72. The normalized spacial score (nSPS) is 13.3. The number of rotatable bonds is 3. The molecule has 14 heavy (non-hydrogen) atoms. The van der Waals surface area contributed by atoms with Gasteiger partial charge in [-0.3, -0.25) is 0 Å². The molecule has 0 amide bonds. The van der Waals surface area contributed by atoms with Crippen LogP contribution in [0.2, 0.25) is 0 Å². The summed E-state index contributed by atoms with van der Waals surface area (Å²) in [5.41, 5.74) is 1.74. The molecule has 1 aromatic carbocycles. The van der Waals surface area contributed by atoms with Gasteiger partial charge in [-0.1, -0.05) is 19.1 Å². The van der Waals surface area contributed by atoms with Crippen LogP contribution in [-0.2, 0) is 6.54 Å². The molecule has 0 aliphatic rings. The van der Waals surface area contributed by atoms with E-state index in [1.807, 2.05) is 31.2 Å². The summed E-state index contributed by atoms with van der Waals surface area (Å²) in [7, 11) is 0. The number of hydrogen-bond donors (Lipinski definition) is 1. The second-order valence-corrected chi connectivity index (χ2v) is 3.31. The number of benzene rings is 1. The van der Waals surface area contributed by atoms with Gasteiger partial charge in [0.05, 0.1) is 12.6 Å². The molecule has 1 unspecified atom stereocenters.